The minimum Gasteiger partial charge on any atom is -0.494 e. The summed E-state index contributed by atoms with van der Waals surface area (Å²) in [5.74, 6) is -0.781. The lowest BCUT2D eigenvalue weighted by Gasteiger charge is -2.26. The summed E-state index contributed by atoms with van der Waals surface area (Å²) in [6.45, 7) is 2.59. The summed E-state index contributed by atoms with van der Waals surface area (Å²) in [6.07, 6.45) is 0. The van der Waals surface area contributed by atoms with Gasteiger partial charge in [0.15, 0.2) is 0 Å². The summed E-state index contributed by atoms with van der Waals surface area (Å²) in [6, 6.07) is 19.8. The van der Waals surface area contributed by atoms with Gasteiger partial charge in [-0.3, -0.25) is 9.36 Å². The van der Waals surface area contributed by atoms with E-state index < -0.39 is 15.9 Å². The van der Waals surface area contributed by atoms with Gasteiger partial charge >= 0.3 is 0 Å². The number of aliphatic imine (C=N–C) groups is 1. The molecule has 194 valence electrons. The fourth-order valence-corrected chi connectivity index (χ4v) is 5.90. The number of ether oxygens (including phenoxy) is 1. The number of carbonyl (C=O) groups excluding carboxylic acids is 1. The first-order valence-corrected chi connectivity index (χ1v) is 13.3. The van der Waals surface area contributed by atoms with Gasteiger partial charge in [-0.15, -0.1) is 4.91 Å². The van der Waals surface area contributed by atoms with Gasteiger partial charge in [-0.1, -0.05) is 30.3 Å². The van der Waals surface area contributed by atoms with Crippen molar-refractivity contribution in [3.63, 3.8) is 0 Å². The highest BCUT2D eigenvalue weighted by Gasteiger charge is 2.27. The molecule has 0 spiro atoms. The second-order valence-corrected chi connectivity index (χ2v) is 10.6. The molecule has 1 saturated heterocycles. The number of aromatic hydroxyl groups is 1. The molecule has 0 radical (unpaired) electrons. The molecule has 3 aromatic carbocycles. The van der Waals surface area contributed by atoms with Gasteiger partial charge in [-0.2, -0.15) is 4.31 Å². The molecule has 0 aliphatic carbocycles. The van der Waals surface area contributed by atoms with Crippen molar-refractivity contribution in [1.82, 2.24) is 8.87 Å². The number of aromatic nitrogens is 1. The Balaban J connectivity index is 1.66. The standard InChI is InChI=1S/C27H24N4O6S/c1-18(32)31-24-17-21(29-34)9-12-23(24)25(27(31)33)26(19-5-3-2-4-6-19)28-20-7-10-22(11-8-20)38(35,36)30-13-15-37-16-14-30/h2-12,17,33H,13-16H2,1H3. The molecule has 0 atom stereocenters. The summed E-state index contributed by atoms with van der Waals surface area (Å²) < 4.78 is 33.8. The fraction of sp³-hybridized carbons (Fsp3) is 0.185. The zero-order valence-electron chi connectivity index (χ0n) is 20.4. The van der Waals surface area contributed by atoms with Crippen LogP contribution in [0.25, 0.3) is 10.9 Å². The van der Waals surface area contributed by atoms with E-state index in [4.69, 9.17) is 9.73 Å². The number of hydrogen-bond acceptors (Lipinski definition) is 8. The molecule has 1 fully saturated rings. The minimum absolute atomic E-state index is 0.110. The van der Waals surface area contributed by atoms with E-state index >= 15 is 0 Å². The third kappa shape index (κ3) is 4.62. The lowest BCUT2D eigenvalue weighted by Crippen LogP contribution is -2.40. The van der Waals surface area contributed by atoms with E-state index in [-0.39, 0.29) is 16.5 Å². The summed E-state index contributed by atoms with van der Waals surface area (Å²) >= 11 is 0. The average molecular weight is 533 g/mol. The molecule has 0 unspecified atom stereocenters. The molecule has 11 heteroatoms. The highest BCUT2D eigenvalue weighted by atomic mass is 32.2. The van der Waals surface area contributed by atoms with Crippen LogP contribution in [0.1, 0.15) is 22.8 Å². The van der Waals surface area contributed by atoms with E-state index in [2.05, 4.69) is 5.18 Å². The molecular weight excluding hydrogens is 508 g/mol. The van der Waals surface area contributed by atoms with Crippen molar-refractivity contribution >= 4 is 43.9 Å². The smallest absolute Gasteiger partial charge is 0.243 e. The van der Waals surface area contributed by atoms with Gasteiger partial charge in [-0.05, 0) is 47.6 Å². The first kappa shape index (κ1) is 25.5. The molecule has 10 nitrogen and oxygen atoms in total. The van der Waals surface area contributed by atoms with Gasteiger partial charge in [0.25, 0.3) is 0 Å². The minimum atomic E-state index is -3.67. The van der Waals surface area contributed by atoms with Crippen molar-refractivity contribution in [2.24, 2.45) is 10.2 Å². The zero-order chi connectivity index (χ0) is 26.9. The Morgan fingerprint density at radius 3 is 2.24 bits per heavy atom. The predicted molar refractivity (Wildman–Crippen MR) is 143 cm³/mol. The molecule has 0 amide bonds. The van der Waals surface area contributed by atoms with E-state index in [0.717, 1.165) is 4.57 Å². The summed E-state index contributed by atoms with van der Waals surface area (Å²) in [5.41, 5.74) is 2.19. The van der Waals surface area contributed by atoms with Crippen molar-refractivity contribution in [2.75, 3.05) is 26.3 Å². The SMILES string of the molecule is CC(=O)n1c(O)c(C(=Nc2ccc(S(=O)(=O)N3CCOCC3)cc2)c2ccccc2)c2ccc(N=O)cc21. The Hall–Kier alpha value is -4.19. The van der Waals surface area contributed by atoms with Crippen LogP contribution in [0.2, 0.25) is 0 Å². The predicted octanol–water partition coefficient (Wildman–Crippen LogP) is 4.59. The molecule has 4 aromatic rings. The maximum absolute atomic E-state index is 13.0. The summed E-state index contributed by atoms with van der Waals surface area (Å²) in [7, 11) is -3.67. The molecule has 1 aliphatic heterocycles. The van der Waals surface area contributed by atoms with Crippen LogP contribution in [0.15, 0.2) is 87.9 Å². The number of hydrogen-bond donors (Lipinski definition) is 1. The number of morpholine rings is 1. The molecule has 1 aromatic heterocycles. The molecule has 0 saturated carbocycles. The first-order chi connectivity index (χ1) is 18.3. The van der Waals surface area contributed by atoms with E-state index in [0.29, 0.717) is 59.7 Å². The third-order valence-corrected chi connectivity index (χ3v) is 8.23. The normalized spacial score (nSPS) is 15.0. The average Bonchev–Trinajstić information content (AvgIpc) is 3.23. The maximum atomic E-state index is 13.0. The molecule has 38 heavy (non-hydrogen) atoms. The second-order valence-electron chi connectivity index (χ2n) is 8.68. The van der Waals surface area contributed by atoms with Crippen molar-refractivity contribution in [3.8, 4) is 5.88 Å². The van der Waals surface area contributed by atoms with Crippen LogP contribution in [0.4, 0.5) is 11.4 Å². The largest absolute Gasteiger partial charge is 0.494 e. The Morgan fingerprint density at radius 2 is 1.61 bits per heavy atom. The van der Waals surface area contributed by atoms with Gasteiger partial charge in [0.1, 0.15) is 5.69 Å². The fourth-order valence-electron chi connectivity index (χ4n) is 4.49. The van der Waals surface area contributed by atoms with Crippen molar-refractivity contribution < 1.29 is 23.1 Å². The third-order valence-electron chi connectivity index (χ3n) is 6.32. The number of nitroso groups, excluding NO2 is 1. The Kier molecular flexibility index (Phi) is 6.89. The van der Waals surface area contributed by atoms with Crippen molar-refractivity contribution in [3.05, 3.63) is 88.8 Å². The zero-order valence-corrected chi connectivity index (χ0v) is 21.3. The van der Waals surface area contributed by atoms with Crippen LogP contribution < -0.4 is 0 Å². The quantitative estimate of drug-likeness (QED) is 0.285. The number of rotatable bonds is 6. The number of nitrogens with zero attached hydrogens (tertiary/aromatic N) is 4. The molecular formula is C27H24N4O6S. The summed E-state index contributed by atoms with van der Waals surface area (Å²) in [4.78, 5) is 28.5. The maximum Gasteiger partial charge on any atom is 0.243 e. The van der Waals surface area contributed by atoms with E-state index in [1.54, 1.807) is 18.2 Å². The van der Waals surface area contributed by atoms with Crippen molar-refractivity contribution in [2.45, 2.75) is 11.8 Å². The van der Waals surface area contributed by atoms with Crippen LogP contribution in [-0.2, 0) is 14.8 Å². The highest BCUT2D eigenvalue weighted by molar-refractivity contribution is 7.89. The first-order valence-electron chi connectivity index (χ1n) is 11.9. The Morgan fingerprint density at radius 1 is 0.947 bits per heavy atom. The topological polar surface area (TPSA) is 131 Å². The van der Waals surface area contributed by atoms with Gasteiger partial charge < -0.3 is 9.84 Å². The van der Waals surface area contributed by atoms with E-state index in [1.807, 2.05) is 30.3 Å². The number of sulfonamides is 1. The summed E-state index contributed by atoms with van der Waals surface area (Å²) in [5, 5.41) is 14.7. The van der Waals surface area contributed by atoms with Crippen LogP contribution in [0, 0.1) is 4.91 Å². The number of benzene rings is 3. The van der Waals surface area contributed by atoms with Crippen LogP contribution in [0.3, 0.4) is 0 Å². The highest BCUT2D eigenvalue weighted by Crippen LogP contribution is 2.36. The second kappa shape index (κ2) is 10.3. The van der Waals surface area contributed by atoms with E-state index in [1.165, 1.54) is 35.5 Å². The van der Waals surface area contributed by atoms with Crippen LogP contribution in [-0.4, -0.2) is 60.3 Å². The van der Waals surface area contributed by atoms with E-state index in [9.17, 15) is 23.2 Å². The molecule has 1 aliphatic rings. The van der Waals surface area contributed by atoms with Crippen LogP contribution in [0.5, 0.6) is 5.88 Å². The number of fused-ring (bicyclic) bond motifs is 1. The van der Waals surface area contributed by atoms with Crippen LogP contribution >= 0.6 is 0 Å². The molecule has 5 rings (SSSR count). The lowest BCUT2D eigenvalue weighted by molar-refractivity contribution is 0.0730. The molecule has 0 bridgehead atoms. The van der Waals surface area contributed by atoms with Gasteiger partial charge in [0.2, 0.25) is 21.8 Å². The molecule has 1 N–H and O–H groups in total. The van der Waals surface area contributed by atoms with Gasteiger partial charge in [0.05, 0.1) is 40.6 Å². The Labute approximate surface area is 218 Å². The number of carbonyl (C=O) groups is 1. The van der Waals surface area contributed by atoms with Gasteiger partial charge in [0, 0.05) is 31.0 Å². The monoisotopic (exact) mass is 532 g/mol. The van der Waals surface area contributed by atoms with Gasteiger partial charge in [-0.25, -0.2) is 13.4 Å². The van der Waals surface area contributed by atoms with Crippen molar-refractivity contribution in [1.29, 1.82) is 0 Å². The molecule has 2 heterocycles. The Bertz CT molecular complexity index is 1660. The lowest BCUT2D eigenvalue weighted by atomic mass is 10.0.